The summed E-state index contributed by atoms with van der Waals surface area (Å²) in [5.74, 6) is -2.18. The van der Waals surface area contributed by atoms with Crippen molar-refractivity contribution in [2.45, 2.75) is 118 Å². The van der Waals surface area contributed by atoms with E-state index >= 15 is 0 Å². The number of fused-ring (bicyclic) bond motifs is 4. The monoisotopic (exact) mass is 580 g/mol. The summed E-state index contributed by atoms with van der Waals surface area (Å²) in [6.07, 6.45) is -4.06. The van der Waals surface area contributed by atoms with E-state index in [1.165, 1.54) is 27.7 Å². The maximum absolute atomic E-state index is 12.6. The minimum absolute atomic E-state index is 0.375. The minimum atomic E-state index is -1.02. The molecule has 0 saturated carbocycles. The largest absolute Gasteiger partial charge is 0.453 e. The Bertz CT molecular complexity index is 1210. The molecular weight excluding hydrogens is 536 g/mol. The number of benzene rings is 2. The van der Waals surface area contributed by atoms with Crippen molar-refractivity contribution < 1.29 is 38.1 Å². The van der Waals surface area contributed by atoms with Gasteiger partial charge in [-0.1, -0.05) is 65.8 Å². The van der Waals surface area contributed by atoms with Gasteiger partial charge >= 0.3 is 23.9 Å². The molecule has 3 rings (SSSR count). The quantitative estimate of drug-likeness (QED) is 0.280. The first-order chi connectivity index (χ1) is 19.2. The molecule has 8 nitrogen and oxygen atoms in total. The zero-order valence-electron chi connectivity index (χ0n) is 26.9. The van der Waals surface area contributed by atoms with E-state index in [0.29, 0.717) is 33.4 Å². The number of ether oxygens (including phenoxy) is 4. The maximum atomic E-state index is 12.6. The molecule has 0 radical (unpaired) electrons. The van der Waals surface area contributed by atoms with Crippen LogP contribution in [0.2, 0.25) is 0 Å². The molecule has 0 fully saturated rings. The van der Waals surface area contributed by atoms with Gasteiger partial charge < -0.3 is 18.9 Å². The molecule has 228 valence electrons. The van der Waals surface area contributed by atoms with E-state index in [4.69, 9.17) is 18.9 Å². The van der Waals surface area contributed by atoms with Gasteiger partial charge in [-0.3, -0.25) is 19.2 Å². The lowest BCUT2D eigenvalue weighted by Crippen LogP contribution is -2.30. The Balaban J connectivity index is 2.65. The molecule has 0 aliphatic heterocycles. The molecule has 4 unspecified atom stereocenters. The number of carbonyl (C=O) groups excluding carboxylic acids is 4. The van der Waals surface area contributed by atoms with Crippen LogP contribution in [0.5, 0.6) is 0 Å². The Morgan fingerprint density at radius 2 is 0.667 bits per heavy atom. The molecule has 4 bridgehead atoms. The molecule has 4 atom stereocenters. The summed E-state index contributed by atoms with van der Waals surface area (Å²) in [7, 11) is 0. The second-order valence-electron chi connectivity index (χ2n) is 13.2. The van der Waals surface area contributed by atoms with Gasteiger partial charge in [-0.25, -0.2) is 0 Å². The van der Waals surface area contributed by atoms with Crippen LogP contribution in [0.1, 0.15) is 138 Å². The van der Waals surface area contributed by atoms with Gasteiger partial charge in [-0.2, -0.15) is 0 Å². The lowest BCUT2D eigenvalue weighted by atomic mass is 9.76. The Morgan fingerprint density at radius 3 is 0.810 bits per heavy atom. The Morgan fingerprint density at radius 1 is 0.476 bits per heavy atom. The molecule has 2 aromatic carbocycles. The van der Waals surface area contributed by atoms with Crippen LogP contribution in [0, 0.1) is 13.8 Å². The summed E-state index contributed by atoms with van der Waals surface area (Å²) < 4.78 is 24.0. The standard InChI is InChI=1S/C34H44O8/c1-17-25-13-23(33(7,8)9)14-26(17)30(40-20(4)36)32(42-22(6)38)28-16-24(34(10,11)12)15-27(18(28)2)31(41-21(5)37)29(25)39-19(3)35/h13-16,29-32H,1-12H3. The summed E-state index contributed by atoms with van der Waals surface area (Å²) in [6.45, 7) is 21.1. The summed E-state index contributed by atoms with van der Waals surface area (Å²) in [6, 6.07) is 7.78. The topological polar surface area (TPSA) is 105 Å². The molecule has 42 heavy (non-hydrogen) atoms. The summed E-state index contributed by atoms with van der Waals surface area (Å²) in [5.41, 5.74) is 4.70. The normalized spacial score (nSPS) is 20.3. The molecule has 0 amide bonds. The summed E-state index contributed by atoms with van der Waals surface area (Å²) in [4.78, 5) is 50.5. The zero-order chi connectivity index (χ0) is 31.9. The van der Waals surface area contributed by atoms with Gasteiger partial charge in [0.25, 0.3) is 0 Å². The van der Waals surface area contributed by atoms with Gasteiger partial charge in [-0.05, 0) is 46.9 Å². The van der Waals surface area contributed by atoms with E-state index in [0.717, 1.165) is 11.1 Å². The van der Waals surface area contributed by atoms with E-state index in [-0.39, 0.29) is 10.8 Å². The van der Waals surface area contributed by atoms with Gasteiger partial charge in [0.05, 0.1) is 0 Å². The first kappa shape index (κ1) is 32.8. The van der Waals surface area contributed by atoms with Crippen molar-refractivity contribution in [1.82, 2.24) is 0 Å². The van der Waals surface area contributed by atoms with Gasteiger partial charge in [-0.15, -0.1) is 0 Å². The van der Waals surface area contributed by atoms with E-state index in [9.17, 15) is 19.2 Å². The highest BCUT2D eigenvalue weighted by molar-refractivity contribution is 5.70. The van der Waals surface area contributed by atoms with Crippen molar-refractivity contribution in [3.05, 3.63) is 68.8 Å². The minimum Gasteiger partial charge on any atom is -0.453 e. The molecule has 1 aliphatic rings. The van der Waals surface area contributed by atoms with Crippen LogP contribution in [0.3, 0.4) is 0 Å². The Hall–Kier alpha value is -3.68. The third-order valence-electron chi connectivity index (χ3n) is 7.66. The summed E-state index contributed by atoms with van der Waals surface area (Å²) in [5, 5.41) is 0. The van der Waals surface area contributed by atoms with Crippen molar-refractivity contribution in [2.24, 2.45) is 0 Å². The fourth-order valence-corrected chi connectivity index (χ4v) is 5.44. The van der Waals surface area contributed by atoms with Crippen LogP contribution in [0.25, 0.3) is 0 Å². The molecule has 0 aromatic heterocycles. The number of carbonyl (C=O) groups is 4. The van der Waals surface area contributed by atoms with Crippen LogP contribution < -0.4 is 0 Å². The highest BCUT2D eigenvalue weighted by atomic mass is 16.6. The van der Waals surface area contributed by atoms with E-state index in [1.807, 2.05) is 79.7 Å². The van der Waals surface area contributed by atoms with Gasteiger partial charge in [0.1, 0.15) is 0 Å². The summed E-state index contributed by atoms with van der Waals surface area (Å²) >= 11 is 0. The van der Waals surface area contributed by atoms with Gasteiger partial charge in [0.15, 0.2) is 24.4 Å². The first-order valence-electron chi connectivity index (χ1n) is 14.2. The number of hydrogen-bond donors (Lipinski definition) is 0. The maximum Gasteiger partial charge on any atom is 0.303 e. The van der Waals surface area contributed by atoms with Crippen molar-refractivity contribution in [2.75, 3.05) is 0 Å². The SMILES string of the molecule is CC(=O)OC1c2cc(C(C)(C)C)cc(c2C)C(OC(C)=O)C(OC(C)=O)c2cc(C(C)(C)C)cc(c2C)C1OC(C)=O. The highest BCUT2D eigenvalue weighted by Gasteiger charge is 2.42. The average molecular weight is 581 g/mol. The second kappa shape index (κ2) is 11.9. The van der Waals surface area contributed by atoms with Crippen LogP contribution in [0.4, 0.5) is 0 Å². The van der Waals surface area contributed by atoms with Gasteiger partial charge in [0, 0.05) is 49.9 Å². The Labute approximate surface area is 249 Å². The second-order valence-corrected chi connectivity index (χ2v) is 13.2. The first-order valence-corrected chi connectivity index (χ1v) is 14.2. The van der Waals surface area contributed by atoms with Gasteiger partial charge in [0.2, 0.25) is 0 Å². The number of hydrogen-bond acceptors (Lipinski definition) is 8. The van der Waals surface area contributed by atoms with Crippen molar-refractivity contribution in [1.29, 1.82) is 0 Å². The highest BCUT2D eigenvalue weighted by Crippen LogP contribution is 2.49. The van der Waals surface area contributed by atoms with E-state index < -0.39 is 48.3 Å². The fourth-order valence-electron chi connectivity index (χ4n) is 5.44. The smallest absolute Gasteiger partial charge is 0.303 e. The van der Waals surface area contributed by atoms with E-state index in [1.54, 1.807) is 0 Å². The van der Waals surface area contributed by atoms with Crippen molar-refractivity contribution in [3.63, 3.8) is 0 Å². The average Bonchev–Trinajstić information content (AvgIpc) is 2.81. The van der Waals surface area contributed by atoms with Crippen molar-refractivity contribution in [3.8, 4) is 0 Å². The predicted octanol–water partition coefficient (Wildman–Crippen LogP) is 7.03. The fraction of sp³-hybridized carbons (Fsp3) is 0.529. The van der Waals surface area contributed by atoms with Crippen LogP contribution in [-0.2, 0) is 49.0 Å². The number of esters is 4. The molecule has 0 saturated heterocycles. The molecule has 1 aliphatic carbocycles. The van der Waals surface area contributed by atoms with Crippen molar-refractivity contribution >= 4 is 23.9 Å². The predicted molar refractivity (Wildman–Crippen MR) is 158 cm³/mol. The zero-order valence-corrected chi connectivity index (χ0v) is 26.9. The molecule has 0 N–H and O–H groups in total. The molecule has 0 spiro atoms. The molecule has 0 heterocycles. The third-order valence-corrected chi connectivity index (χ3v) is 7.66. The molecule has 2 aromatic rings. The van der Waals surface area contributed by atoms with Crippen LogP contribution in [-0.4, -0.2) is 23.9 Å². The van der Waals surface area contributed by atoms with Crippen LogP contribution >= 0.6 is 0 Å². The van der Waals surface area contributed by atoms with Crippen LogP contribution in [0.15, 0.2) is 24.3 Å². The third kappa shape index (κ3) is 7.02. The van der Waals surface area contributed by atoms with E-state index in [2.05, 4.69) is 0 Å². The molecule has 8 heteroatoms. The lowest BCUT2D eigenvalue weighted by Gasteiger charge is -2.37. The Kier molecular flexibility index (Phi) is 9.30. The lowest BCUT2D eigenvalue weighted by molar-refractivity contribution is -0.168. The number of rotatable bonds is 4. The molecular formula is C34H44O8.